The van der Waals surface area contributed by atoms with Gasteiger partial charge < -0.3 is 10.6 Å². The van der Waals surface area contributed by atoms with Gasteiger partial charge in [0.15, 0.2) is 5.11 Å². The monoisotopic (exact) mass is 487 g/mol. The lowest BCUT2D eigenvalue weighted by molar-refractivity contribution is 0.0976. The van der Waals surface area contributed by atoms with Crippen LogP contribution in [0.15, 0.2) is 77.3 Å². The molecule has 146 valence electrons. The lowest BCUT2D eigenvalue weighted by Gasteiger charge is -2.11. The Morgan fingerprint density at radius 3 is 1.79 bits per heavy atom. The second kappa shape index (κ2) is 9.65. The number of hydrogen-bond donors (Lipinski definition) is 3. The Balaban J connectivity index is 1.55. The molecule has 0 saturated carbocycles. The number of carbonyl (C=O) groups excluding carboxylic acids is 2. The molecule has 0 aliphatic rings. The first-order valence-corrected chi connectivity index (χ1v) is 10.0. The van der Waals surface area contributed by atoms with Gasteiger partial charge in [-0.05, 0) is 85.0 Å². The minimum atomic E-state index is -0.336. The highest BCUT2D eigenvalue weighted by Crippen LogP contribution is 2.16. The molecular weight excluding hydrogens is 474 g/mol. The molecule has 2 amide bonds. The van der Waals surface area contributed by atoms with E-state index < -0.39 is 0 Å². The summed E-state index contributed by atoms with van der Waals surface area (Å²) in [7, 11) is 0. The van der Waals surface area contributed by atoms with Gasteiger partial charge in [-0.2, -0.15) is 0 Å². The maximum Gasteiger partial charge on any atom is 0.257 e. The van der Waals surface area contributed by atoms with Gasteiger partial charge in [-0.15, -0.1) is 0 Å². The third-order valence-electron chi connectivity index (χ3n) is 3.84. The molecule has 3 rings (SSSR count). The lowest BCUT2D eigenvalue weighted by Crippen LogP contribution is -2.34. The zero-order valence-corrected chi connectivity index (χ0v) is 18.1. The smallest absolute Gasteiger partial charge is 0.257 e. The van der Waals surface area contributed by atoms with Crippen LogP contribution in [0.4, 0.5) is 11.4 Å². The number of nitrogens with one attached hydrogen (secondary N) is 3. The van der Waals surface area contributed by atoms with E-state index in [9.17, 15) is 9.59 Å². The van der Waals surface area contributed by atoms with Crippen molar-refractivity contribution in [3.8, 4) is 0 Å². The van der Waals surface area contributed by atoms with E-state index in [1.165, 1.54) is 0 Å². The Bertz CT molecular complexity index is 1040. The number of halogens is 2. The summed E-state index contributed by atoms with van der Waals surface area (Å²) in [5.41, 5.74) is 2.32. The van der Waals surface area contributed by atoms with Gasteiger partial charge >= 0.3 is 0 Å². The van der Waals surface area contributed by atoms with Crippen LogP contribution in [0.2, 0.25) is 5.02 Å². The average Bonchev–Trinajstić information content (AvgIpc) is 2.70. The largest absolute Gasteiger partial charge is 0.332 e. The first kappa shape index (κ1) is 21.0. The molecule has 0 spiro atoms. The van der Waals surface area contributed by atoms with E-state index in [0.29, 0.717) is 27.5 Å². The Labute approximate surface area is 186 Å². The van der Waals surface area contributed by atoms with Crippen molar-refractivity contribution in [2.24, 2.45) is 0 Å². The summed E-state index contributed by atoms with van der Waals surface area (Å²) in [4.78, 5) is 24.4. The van der Waals surface area contributed by atoms with Crippen molar-refractivity contribution < 1.29 is 9.59 Å². The Kier molecular flexibility index (Phi) is 6.98. The molecule has 29 heavy (non-hydrogen) atoms. The summed E-state index contributed by atoms with van der Waals surface area (Å²) < 4.78 is 0.906. The second-order valence-corrected chi connectivity index (χ2v) is 7.71. The normalized spacial score (nSPS) is 10.1. The maximum atomic E-state index is 12.2. The molecule has 0 atom stereocenters. The van der Waals surface area contributed by atoms with Crippen molar-refractivity contribution >= 4 is 68.1 Å². The molecule has 0 radical (unpaired) electrons. The van der Waals surface area contributed by atoms with Crippen LogP contribution >= 0.6 is 39.7 Å². The summed E-state index contributed by atoms with van der Waals surface area (Å²) >= 11 is 14.3. The van der Waals surface area contributed by atoms with E-state index >= 15 is 0 Å². The summed E-state index contributed by atoms with van der Waals surface area (Å²) in [5.74, 6) is -0.540. The van der Waals surface area contributed by atoms with Crippen molar-refractivity contribution in [2.75, 3.05) is 10.6 Å². The van der Waals surface area contributed by atoms with Gasteiger partial charge in [0.2, 0.25) is 0 Å². The van der Waals surface area contributed by atoms with Crippen LogP contribution in [0.25, 0.3) is 0 Å². The zero-order chi connectivity index (χ0) is 20.8. The summed E-state index contributed by atoms with van der Waals surface area (Å²) in [6.07, 6.45) is 0. The number of thiocarbonyl (C=S) groups is 1. The minimum Gasteiger partial charge on any atom is -0.332 e. The van der Waals surface area contributed by atoms with Gasteiger partial charge in [0.1, 0.15) is 0 Å². The summed E-state index contributed by atoms with van der Waals surface area (Å²) in [6, 6.07) is 20.5. The van der Waals surface area contributed by atoms with E-state index in [0.717, 1.165) is 4.47 Å². The third-order valence-corrected chi connectivity index (χ3v) is 4.83. The lowest BCUT2D eigenvalue weighted by atomic mass is 10.2. The number of rotatable bonds is 4. The molecule has 0 aliphatic heterocycles. The van der Waals surface area contributed by atoms with Crippen molar-refractivity contribution in [1.29, 1.82) is 0 Å². The van der Waals surface area contributed by atoms with Gasteiger partial charge in [-0.3, -0.25) is 14.9 Å². The van der Waals surface area contributed by atoms with Crippen molar-refractivity contribution in [2.45, 2.75) is 0 Å². The molecule has 3 N–H and O–H groups in total. The predicted octanol–water partition coefficient (Wildman–Crippen LogP) is 5.48. The number of amides is 2. The molecule has 0 unspecified atom stereocenters. The van der Waals surface area contributed by atoms with Crippen LogP contribution in [0.5, 0.6) is 0 Å². The number of carbonyl (C=O) groups is 2. The van der Waals surface area contributed by atoms with Gasteiger partial charge in [-0.1, -0.05) is 27.5 Å². The zero-order valence-electron chi connectivity index (χ0n) is 14.9. The quantitative estimate of drug-likeness (QED) is 0.425. The molecule has 3 aromatic carbocycles. The molecular formula is C21H15BrClN3O2S. The predicted molar refractivity (Wildman–Crippen MR) is 124 cm³/mol. The van der Waals surface area contributed by atoms with Gasteiger partial charge in [-0.25, -0.2) is 0 Å². The minimum absolute atomic E-state index is 0.164. The topological polar surface area (TPSA) is 70.2 Å². The molecule has 0 bridgehead atoms. The van der Waals surface area contributed by atoms with Crippen LogP contribution in [0, 0.1) is 0 Å². The number of benzene rings is 3. The third kappa shape index (κ3) is 6.12. The van der Waals surface area contributed by atoms with E-state index in [1.807, 2.05) is 0 Å². The Morgan fingerprint density at radius 1 is 0.724 bits per heavy atom. The molecule has 0 fully saturated rings. The van der Waals surface area contributed by atoms with Gasteiger partial charge in [0.05, 0.1) is 0 Å². The van der Waals surface area contributed by atoms with Crippen LogP contribution < -0.4 is 16.0 Å². The standard InChI is InChI=1S/C21H15BrClN3O2S/c22-15-5-1-13(2-6-15)19(27)24-17-9-11-18(12-10-17)25-21(29)26-20(28)14-3-7-16(23)8-4-14/h1-12H,(H,24,27)(H2,25,26,28,29). The molecule has 0 aromatic heterocycles. The fraction of sp³-hybridized carbons (Fsp3) is 0. The summed E-state index contributed by atoms with van der Waals surface area (Å²) in [6.45, 7) is 0. The molecule has 0 heterocycles. The first-order chi connectivity index (χ1) is 13.9. The highest BCUT2D eigenvalue weighted by atomic mass is 79.9. The molecule has 0 aliphatic carbocycles. The van der Waals surface area contributed by atoms with E-state index in [1.54, 1.807) is 72.8 Å². The van der Waals surface area contributed by atoms with Crippen LogP contribution in [-0.2, 0) is 0 Å². The van der Waals surface area contributed by atoms with Crippen LogP contribution in [0.1, 0.15) is 20.7 Å². The van der Waals surface area contributed by atoms with Gasteiger partial charge in [0, 0.05) is 32.0 Å². The highest BCUT2D eigenvalue weighted by Gasteiger charge is 2.09. The average molecular weight is 489 g/mol. The molecule has 0 saturated heterocycles. The van der Waals surface area contributed by atoms with E-state index in [2.05, 4.69) is 31.9 Å². The highest BCUT2D eigenvalue weighted by molar-refractivity contribution is 9.10. The molecule has 3 aromatic rings. The maximum absolute atomic E-state index is 12.2. The number of hydrogen-bond acceptors (Lipinski definition) is 3. The van der Waals surface area contributed by atoms with Gasteiger partial charge in [0.25, 0.3) is 11.8 Å². The second-order valence-electron chi connectivity index (χ2n) is 5.95. The van der Waals surface area contributed by atoms with Crippen molar-refractivity contribution in [1.82, 2.24) is 5.32 Å². The fourth-order valence-electron chi connectivity index (χ4n) is 2.38. The first-order valence-electron chi connectivity index (χ1n) is 8.45. The SMILES string of the molecule is O=C(NC(=S)Nc1ccc(NC(=O)c2ccc(Br)cc2)cc1)c1ccc(Cl)cc1. The molecule has 8 heteroatoms. The van der Waals surface area contributed by atoms with Crippen LogP contribution in [-0.4, -0.2) is 16.9 Å². The molecule has 5 nitrogen and oxygen atoms in total. The Hall–Kier alpha value is -2.74. The van der Waals surface area contributed by atoms with E-state index in [4.69, 9.17) is 23.8 Å². The van der Waals surface area contributed by atoms with Crippen molar-refractivity contribution in [3.63, 3.8) is 0 Å². The number of anilines is 2. The Morgan fingerprint density at radius 2 is 1.21 bits per heavy atom. The van der Waals surface area contributed by atoms with Crippen molar-refractivity contribution in [3.05, 3.63) is 93.4 Å². The van der Waals surface area contributed by atoms with Crippen LogP contribution in [0.3, 0.4) is 0 Å². The fourth-order valence-corrected chi connectivity index (χ4v) is 2.98. The van der Waals surface area contributed by atoms with E-state index in [-0.39, 0.29) is 16.9 Å². The summed E-state index contributed by atoms with van der Waals surface area (Å²) in [5, 5.41) is 9.06.